The third kappa shape index (κ3) is 3.81. The van der Waals surface area contributed by atoms with Crippen molar-refractivity contribution in [1.82, 2.24) is 4.57 Å². The van der Waals surface area contributed by atoms with Crippen LogP contribution in [-0.4, -0.2) is 43.9 Å². The maximum atomic E-state index is 12.7. The quantitative estimate of drug-likeness (QED) is 0.687. The van der Waals surface area contributed by atoms with Crippen molar-refractivity contribution in [3.8, 4) is 11.5 Å². The van der Waals surface area contributed by atoms with Gasteiger partial charge in [0.05, 0.1) is 27.4 Å². The number of hydrogen-bond acceptors (Lipinski definition) is 6. The van der Waals surface area contributed by atoms with Crippen LogP contribution < -0.4 is 9.47 Å². The van der Waals surface area contributed by atoms with Crippen LogP contribution in [0.25, 0.3) is 0 Å². The highest BCUT2D eigenvalue weighted by Gasteiger charge is 2.40. The third-order valence-corrected chi connectivity index (χ3v) is 5.66. The summed E-state index contributed by atoms with van der Waals surface area (Å²) < 4.78 is 23.8. The van der Waals surface area contributed by atoms with E-state index in [0.29, 0.717) is 13.2 Å². The summed E-state index contributed by atoms with van der Waals surface area (Å²) in [4.78, 5) is 25.4. The van der Waals surface area contributed by atoms with Gasteiger partial charge in [0, 0.05) is 12.0 Å². The second kappa shape index (κ2) is 8.59. The van der Waals surface area contributed by atoms with Crippen LogP contribution in [0.1, 0.15) is 53.2 Å². The molecule has 0 amide bonds. The molecule has 156 valence electrons. The Bertz CT molecular complexity index is 835. The van der Waals surface area contributed by atoms with Crippen LogP contribution in [0.3, 0.4) is 0 Å². The number of nitrogens with zero attached hydrogens (tertiary/aromatic N) is 1. The van der Waals surface area contributed by atoms with Gasteiger partial charge in [-0.1, -0.05) is 44.2 Å². The lowest BCUT2D eigenvalue weighted by molar-refractivity contribution is 0.0560. The standard InChI is InChI=1S/C22H27NO6/c1-5-22(6-2)13-28-18-16(20(24)26-3)23(12-15-10-8-7-9-11-15)17(21(25)27-4)19(18)29-14-22/h7-11H,5-6,12-14H2,1-4H3. The van der Waals surface area contributed by atoms with Gasteiger partial charge < -0.3 is 23.5 Å². The molecule has 3 rings (SSSR count). The number of carbonyl (C=O) groups excluding carboxylic acids is 2. The highest BCUT2D eigenvalue weighted by atomic mass is 16.6. The Kier molecular flexibility index (Phi) is 6.15. The van der Waals surface area contributed by atoms with Gasteiger partial charge in [0.1, 0.15) is 0 Å². The highest BCUT2D eigenvalue weighted by molar-refractivity contribution is 5.99. The molecule has 1 aromatic carbocycles. The number of aromatic nitrogens is 1. The lowest BCUT2D eigenvalue weighted by Crippen LogP contribution is -2.32. The first kappa shape index (κ1) is 20.8. The van der Waals surface area contributed by atoms with Crippen molar-refractivity contribution in [1.29, 1.82) is 0 Å². The minimum Gasteiger partial charge on any atom is -0.487 e. The van der Waals surface area contributed by atoms with Crippen LogP contribution >= 0.6 is 0 Å². The van der Waals surface area contributed by atoms with Crippen molar-refractivity contribution >= 4 is 11.9 Å². The van der Waals surface area contributed by atoms with Crippen molar-refractivity contribution < 1.29 is 28.5 Å². The highest BCUT2D eigenvalue weighted by Crippen LogP contribution is 2.44. The van der Waals surface area contributed by atoms with E-state index in [1.54, 1.807) is 4.57 Å². The molecule has 7 nitrogen and oxygen atoms in total. The number of esters is 2. The fraction of sp³-hybridized carbons (Fsp3) is 0.455. The zero-order chi connectivity index (χ0) is 21.0. The molecule has 0 radical (unpaired) electrons. The second-order valence-electron chi connectivity index (χ2n) is 7.19. The largest absolute Gasteiger partial charge is 0.487 e. The summed E-state index contributed by atoms with van der Waals surface area (Å²) in [5, 5.41) is 0. The molecule has 1 aliphatic heterocycles. The molecule has 0 unspecified atom stereocenters. The molecule has 0 fully saturated rings. The molecule has 1 aliphatic rings. The smallest absolute Gasteiger partial charge is 0.358 e. The molecule has 0 bridgehead atoms. The minimum atomic E-state index is -0.601. The molecule has 1 aromatic heterocycles. The molecule has 0 saturated carbocycles. The Morgan fingerprint density at radius 3 is 1.83 bits per heavy atom. The lowest BCUT2D eigenvalue weighted by Gasteiger charge is -2.28. The second-order valence-corrected chi connectivity index (χ2v) is 7.19. The number of carbonyl (C=O) groups is 2. The zero-order valence-corrected chi connectivity index (χ0v) is 17.3. The Morgan fingerprint density at radius 2 is 1.41 bits per heavy atom. The topological polar surface area (TPSA) is 76.0 Å². The molecular weight excluding hydrogens is 374 g/mol. The number of benzene rings is 1. The molecule has 0 aliphatic carbocycles. The summed E-state index contributed by atoms with van der Waals surface area (Å²) in [5.74, 6) is -0.734. The Labute approximate surface area is 170 Å². The first-order chi connectivity index (χ1) is 14.0. The Hall–Kier alpha value is -2.96. The monoisotopic (exact) mass is 401 g/mol. The lowest BCUT2D eigenvalue weighted by atomic mass is 9.84. The SMILES string of the molecule is CCC1(CC)COc2c(c(C(=O)OC)n(Cc3ccccc3)c2C(=O)OC)OC1. The summed E-state index contributed by atoms with van der Waals surface area (Å²) in [7, 11) is 2.60. The first-order valence-corrected chi connectivity index (χ1v) is 9.72. The molecule has 0 saturated heterocycles. The normalized spacial score (nSPS) is 14.8. The van der Waals surface area contributed by atoms with Crippen LogP contribution in [0.2, 0.25) is 0 Å². The van der Waals surface area contributed by atoms with E-state index in [-0.39, 0.29) is 34.8 Å². The number of hydrogen-bond donors (Lipinski definition) is 0. The average molecular weight is 401 g/mol. The fourth-order valence-electron chi connectivity index (χ4n) is 3.51. The van der Waals surface area contributed by atoms with Gasteiger partial charge in [-0.3, -0.25) is 0 Å². The van der Waals surface area contributed by atoms with Crippen LogP contribution in [0.5, 0.6) is 11.5 Å². The summed E-state index contributed by atoms with van der Waals surface area (Å²) in [6.45, 7) is 5.18. The van der Waals surface area contributed by atoms with Crippen molar-refractivity contribution in [2.45, 2.75) is 33.2 Å². The van der Waals surface area contributed by atoms with E-state index >= 15 is 0 Å². The molecule has 2 heterocycles. The van der Waals surface area contributed by atoms with Gasteiger partial charge in [0.2, 0.25) is 0 Å². The van der Waals surface area contributed by atoms with E-state index < -0.39 is 11.9 Å². The Morgan fingerprint density at radius 1 is 0.931 bits per heavy atom. The molecule has 0 spiro atoms. The van der Waals surface area contributed by atoms with E-state index in [0.717, 1.165) is 18.4 Å². The predicted molar refractivity (Wildman–Crippen MR) is 107 cm³/mol. The summed E-state index contributed by atoms with van der Waals surface area (Å²) in [6, 6.07) is 9.51. The van der Waals surface area contributed by atoms with E-state index in [4.69, 9.17) is 18.9 Å². The van der Waals surface area contributed by atoms with Crippen LogP contribution in [0, 0.1) is 5.41 Å². The van der Waals surface area contributed by atoms with Crippen molar-refractivity contribution in [3.05, 3.63) is 47.3 Å². The summed E-state index contributed by atoms with van der Waals surface area (Å²) in [6.07, 6.45) is 1.69. The molecule has 0 N–H and O–H groups in total. The summed E-state index contributed by atoms with van der Waals surface area (Å²) in [5.41, 5.74) is 1.01. The van der Waals surface area contributed by atoms with Gasteiger partial charge in [-0.15, -0.1) is 0 Å². The first-order valence-electron chi connectivity index (χ1n) is 9.72. The van der Waals surface area contributed by atoms with Crippen molar-refractivity contribution in [3.63, 3.8) is 0 Å². The van der Waals surface area contributed by atoms with E-state index in [1.807, 2.05) is 30.3 Å². The molecule has 2 aromatic rings. The fourth-order valence-corrected chi connectivity index (χ4v) is 3.51. The zero-order valence-electron chi connectivity index (χ0n) is 17.3. The number of ether oxygens (including phenoxy) is 4. The molecule has 7 heteroatoms. The maximum Gasteiger partial charge on any atom is 0.358 e. The van der Waals surface area contributed by atoms with Crippen molar-refractivity contribution in [2.24, 2.45) is 5.41 Å². The number of methoxy groups -OCH3 is 2. The van der Waals surface area contributed by atoms with Crippen LogP contribution in [-0.2, 0) is 16.0 Å². The molecule has 29 heavy (non-hydrogen) atoms. The van der Waals surface area contributed by atoms with Crippen molar-refractivity contribution in [2.75, 3.05) is 27.4 Å². The average Bonchev–Trinajstić information content (AvgIpc) is 2.94. The molecular formula is C22H27NO6. The van der Waals surface area contributed by atoms with E-state index in [2.05, 4.69) is 13.8 Å². The van der Waals surface area contributed by atoms with E-state index in [9.17, 15) is 9.59 Å². The number of fused-ring (bicyclic) bond motifs is 1. The van der Waals surface area contributed by atoms with Gasteiger partial charge in [-0.05, 0) is 18.4 Å². The van der Waals surface area contributed by atoms with Gasteiger partial charge >= 0.3 is 11.9 Å². The van der Waals surface area contributed by atoms with Gasteiger partial charge in [-0.25, -0.2) is 9.59 Å². The number of rotatable bonds is 6. The Balaban J connectivity index is 2.18. The third-order valence-electron chi connectivity index (χ3n) is 5.66. The van der Waals surface area contributed by atoms with E-state index in [1.165, 1.54) is 14.2 Å². The molecule has 0 atom stereocenters. The van der Waals surface area contributed by atoms with Crippen LogP contribution in [0.15, 0.2) is 30.3 Å². The maximum absolute atomic E-state index is 12.7. The van der Waals surface area contributed by atoms with Gasteiger partial charge in [0.25, 0.3) is 0 Å². The van der Waals surface area contributed by atoms with Crippen LogP contribution in [0.4, 0.5) is 0 Å². The van der Waals surface area contributed by atoms with Gasteiger partial charge in [0.15, 0.2) is 22.9 Å². The summed E-state index contributed by atoms with van der Waals surface area (Å²) >= 11 is 0. The minimum absolute atomic E-state index is 0.148. The predicted octanol–water partition coefficient (Wildman–Crippen LogP) is 3.69. The van der Waals surface area contributed by atoms with Gasteiger partial charge in [-0.2, -0.15) is 0 Å².